The van der Waals surface area contributed by atoms with Gasteiger partial charge >= 0.3 is 5.69 Å². The molecule has 104 valence electrons. The molecule has 2 rings (SSSR count). The lowest BCUT2D eigenvalue weighted by Crippen LogP contribution is -1.97. The Balaban J connectivity index is 2.82. The van der Waals surface area contributed by atoms with Gasteiger partial charge in [0.05, 0.1) is 4.92 Å². The Morgan fingerprint density at radius 3 is 2.85 bits per heavy atom. The lowest BCUT2D eigenvalue weighted by Gasteiger charge is -2.05. The van der Waals surface area contributed by atoms with Crippen LogP contribution in [-0.4, -0.2) is 20.2 Å². The number of aromatic nitrogens is 2. The van der Waals surface area contributed by atoms with Crippen LogP contribution in [0.3, 0.4) is 0 Å². The number of hydrogen-bond acceptors (Lipinski definition) is 5. The molecule has 1 aromatic heterocycles. The van der Waals surface area contributed by atoms with Gasteiger partial charge in [-0.3, -0.25) is 15.2 Å². The molecule has 2 aromatic rings. The fourth-order valence-corrected chi connectivity index (χ4v) is 2.02. The maximum atomic E-state index is 13.7. The van der Waals surface area contributed by atoms with Crippen LogP contribution in [0.1, 0.15) is 11.3 Å². The van der Waals surface area contributed by atoms with Gasteiger partial charge < -0.3 is 5.11 Å². The van der Waals surface area contributed by atoms with E-state index in [2.05, 4.69) is 22.8 Å². The van der Waals surface area contributed by atoms with Crippen molar-refractivity contribution in [2.24, 2.45) is 0 Å². The Morgan fingerprint density at radius 2 is 2.25 bits per heavy atom. The average molecular weight is 295 g/mol. The molecule has 0 unspecified atom stereocenters. The lowest BCUT2D eigenvalue weighted by molar-refractivity contribution is -0.386. The Labute approximate surface area is 118 Å². The van der Waals surface area contributed by atoms with Crippen molar-refractivity contribution in [3.8, 4) is 17.0 Å². The first-order valence-corrected chi connectivity index (χ1v) is 6.01. The molecule has 0 aliphatic carbocycles. The van der Waals surface area contributed by atoms with Crippen LogP contribution in [0.15, 0.2) is 17.5 Å². The third-order valence-electron chi connectivity index (χ3n) is 2.76. The van der Waals surface area contributed by atoms with Gasteiger partial charge in [-0.05, 0) is 30.5 Å². The largest absolute Gasteiger partial charge is 0.507 e. The molecule has 8 heteroatoms. The highest BCUT2D eigenvalue weighted by atomic mass is 32.1. The number of phenolic OH excluding ortho intramolecular Hbond substituents is 1. The molecule has 1 heterocycles. The highest BCUT2D eigenvalue weighted by Crippen LogP contribution is 2.40. The molecule has 0 amide bonds. The number of aryl methyl sites for hydroxylation is 1. The van der Waals surface area contributed by atoms with E-state index >= 15 is 0 Å². The van der Waals surface area contributed by atoms with Crippen molar-refractivity contribution in [2.45, 2.75) is 6.92 Å². The third kappa shape index (κ3) is 2.25. The minimum absolute atomic E-state index is 0.0940. The highest BCUT2D eigenvalue weighted by Gasteiger charge is 2.28. The smallest absolute Gasteiger partial charge is 0.317 e. The molecular formula is C12H10FN3O3S. The first-order chi connectivity index (χ1) is 9.47. The second-order valence-corrected chi connectivity index (χ2v) is 4.27. The molecule has 0 aliphatic heterocycles. The number of nitro groups is 1. The van der Waals surface area contributed by atoms with Crippen molar-refractivity contribution >= 4 is 24.4 Å². The van der Waals surface area contributed by atoms with Gasteiger partial charge in [0.25, 0.3) is 0 Å². The van der Waals surface area contributed by atoms with E-state index in [1.165, 1.54) is 5.41 Å². The number of thiol groups is 1. The third-order valence-corrected chi connectivity index (χ3v) is 2.91. The summed E-state index contributed by atoms with van der Waals surface area (Å²) in [5.74, 6) is -1.46. The van der Waals surface area contributed by atoms with Crippen LogP contribution in [0.4, 0.5) is 10.1 Å². The van der Waals surface area contributed by atoms with Crippen LogP contribution in [0.25, 0.3) is 17.3 Å². The van der Waals surface area contributed by atoms with Crippen LogP contribution in [0.5, 0.6) is 5.75 Å². The molecule has 0 fully saturated rings. The Bertz CT molecular complexity index is 712. The first kappa shape index (κ1) is 14.1. The van der Waals surface area contributed by atoms with Gasteiger partial charge in [-0.25, -0.2) is 0 Å². The van der Waals surface area contributed by atoms with E-state index in [1.807, 2.05) is 0 Å². The Morgan fingerprint density at radius 1 is 1.55 bits per heavy atom. The topological polar surface area (TPSA) is 92.0 Å². The molecular weight excluding hydrogens is 285 g/mol. The van der Waals surface area contributed by atoms with E-state index in [0.717, 1.165) is 12.1 Å². The number of nitro benzene ring substituents is 1. The SMILES string of the molecule is Cc1[nH]nc(-c2c(O)ccc(F)c2[N+](=O)[O-])c1/C=C/S. The second-order valence-electron chi connectivity index (χ2n) is 3.97. The Hall–Kier alpha value is -2.35. The fraction of sp³-hybridized carbons (Fsp3) is 0.0833. The summed E-state index contributed by atoms with van der Waals surface area (Å²) in [6.07, 6.45) is 1.55. The summed E-state index contributed by atoms with van der Waals surface area (Å²) in [6.45, 7) is 1.70. The molecule has 0 atom stereocenters. The van der Waals surface area contributed by atoms with Gasteiger partial charge in [0.1, 0.15) is 17.0 Å². The maximum Gasteiger partial charge on any atom is 0.317 e. The van der Waals surface area contributed by atoms with E-state index in [1.54, 1.807) is 13.0 Å². The van der Waals surface area contributed by atoms with E-state index < -0.39 is 22.2 Å². The van der Waals surface area contributed by atoms with Crippen molar-refractivity contribution in [2.75, 3.05) is 0 Å². The van der Waals surface area contributed by atoms with Crippen LogP contribution < -0.4 is 0 Å². The highest BCUT2D eigenvalue weighted by molar-refractivity contribution is 7.83. The molecule has 0 spiro atoms. The zero-order valence-electron chi connectivity index (χ0n) is 10.3. The Kier molecular flexibility index (Phi) is 3.75. The van der Waals surface area contributed by atoms with Gasteiger partial charge in [0, 0.05) is 11.3 Å². The molecule has 0 saturated heterocycles. The van der Waals surface area contributed by atoms with E-state index in [9.17, 15) is 19.6 Å². The summed E-state index contributed by atoms with van der Waals surface area (Å²) in [7, 11) is 0. The quantitative estimate of drug-likeness (QED) is 0.461. The monoisotopic (exact) mass is 295 g/mol. The number of phenols is 1. The van der Waals surface area contributed by atoms with Gasteiger partial charge in [0.15, 0.2) is 0 Å². The number of H-pyrrole nitrogens is 1. The minimum Gasteiger partial charge on any atom is -0.507 e. The summed E-state index contributed by atoms with van der Waals surface area (Å²) in [4.78, 5) is 10.1. The number of nitrogens with one attached hydrogen (secondary N) is 1. The van der Waals surface area contributed by atoms with Crippen molar-refractivity contribution in [3.63, 3.8) is 0 Å². The summed E-state index contributed by atoms with van der Waals surface area (Å²) in [6, 6.07) is 1.89. The summed E-state index contributed by atoms with van der Waals surface area (Å²) in [5, 5.41) is 28.8. The van der Waals surface area contributed by atoms with Gasteiger partial charge in [-0.15, -0.1) is 0 Å². The maximum absolute atomic E-state index is 13.7. The number of nitrogens with zero attached hydrogens (tertiary/aromatic N) is 2. The predicted octanol–water partition coefficient (Wildman–Crippen LogP) is 3.04. The van der Waals surface area contributed by atoms with Gasteiger partial charge in [-0.2, -0.15) is 22.1 Å². The number of aromatic amines is 1. The zero-order valence-corrected chi connectivity index (χ0v) is 11.2. The van der Waals surface area contributed by atoms with Crippen LogP contribution in [-0.2, 0) is 0 Å². The van der Waals surface area contributed by atoms with Gasteiger partial charge in [0.2, 0.25) is 5.82 Å². The first-order valence-electron chi connectivity index (χ1n) is 5.49. The van der Waals surface area contributed by atoms with Gasteiger partial charge in [-0.1, -0.05) is 0 Å². The zero-order chi connectivity index (χ0) is 14.9. The summed E-state index contributed by atoms with van der Waals surface area (Å²) < 4.78 is 13.7. The number of halogens is 1. The molecule has 0 aliphatic rings. The fourth-order valence-electron chi connectivity index (χ4n) is 1.87. The average Bonchev–Trinajstić information content (AvgIpc) is 2.74. The summed E-state index contributed by atoms with van der Waals surface area (Å²) >= 11 is 3.93. The molecule has 0 bridgehead atoms. The normalized spacial score (nSPS) is 11.2. The molecule has 6 nitrogen and oxygen atoms in total. The number of rotatable bonds is 3. The van der Waals surface area contributed by atoms with E-state index in [0.29, 0.717) is 11.3 Å². The molecule has 2 N–H and O–H groups in total. The standard InChI is InChI=1S/C12H10FN3O3S/c1-6-7(4-5-20)11(15-14-6)10-9(17)3-2-8(13)12(10)16(18)19/h2-5,17,20H,1H3,(H,14,15)/b5-4+. The molecule has 0 saturated carbocycles. The van der Waals surface area contributed by atoms with Crippen LogP contribution in [0, 0.1) is 22.9 Å². The predicted molar refractivity (Wildman–Crippen MR) is 75.1 cm³/mol. The molecule has 1 aromatic carbocycles. The number of hydrogen-bond donors (Lipinski definition) is 3. The van der Waals surface area contributed by atoms with Crippen molar-refractivity contribution in [1.82, 2.24) is 10.2 Å². The van der Waals surface area contributed by atoms with Crippen molar-refractivity contribution in [3.05, 3.63) is 44.7 Å². The van der Waals surface area contributed by atoms with E-state index in [-0.39, 0.29) is 11.3 Å². The second kappa shape index (κ2) is 5.33. The summed E-state index contributed by atoms with van der Waals surface area (Å²) in [5.41, 5.74) is 0.120. The molecule has 20 heavy (non-hydrogen) atoms. The van der Waals surface area contributed by atoms with Crippen molar-refractivity contribution in [1.29, 1.82) is 0 Å². The number of benzene rings is 1. The van der Waals surface area contributed by atoms with Crippen molar-refractivity contribution < 1.29 is 14.4 Å². The minimum atomic E-state index is -1.04. The van der Waals surface area contributed by atoms with Crippen LogP contribution >= 0.6 is 12.6 Å². The lowest BCUT2D eigenvalue weighted by atomic mass is 10.0. The van der Waals surface area contributed by atoms with Crippen LogP contribution in [0.2, 0.25) is 0 Å². The molecule has 0 radical (unpaired) electrons. The van der Waals surface area contributed by atoms with E-state index in [4.69, 9.17) is 0 Å². The number of aromatic hydroxyl groups is 1.